The molecule has 86 valence electrons. The molecule has 3 nitrogen and oxygen atoms in total. The lowest BCUT2D eigenvalue weighted by atomic mass is 10.1. The third kappa shape index (κ3) is 2.84. The number of para-hydroxylation sites is 2. The lowest BCUT2D eigenvalue weighted by Gasteiger charge is -2.13. The number of rotatable bonds is 4. The van der Waals surface area contributed by atoms with E-state index < -0.39 is 0 Å². The van der Waals surface area contributed by atoms with Crippen LogP contribution in [0.4, 0.5) is 0 Å². The number of benzene rings is 2. The van der Waals surface area contributed by atoms with Crippen LogP contribution in [0, 0.1) is 0 Å². The average molecular weight is 227 g/mol. The molecule has 2 aromatic carbocycles. The van der Waals surface area contributed by atoms with Crippen LogP contribution in [-0.2, 0) is 0 Å². The molecule has 0 atom stereocenters. The molecule has 0 aliphatic carbocycles. The van der Waals surface area contributed by atoms with E-state index in [0.717, 1.165) is 0 Å². The molecule has 0 N–H and O–H groups in total. The lowest BCUT2D eigenvalue weighted by molar-refractivity contribution is -0.270. The van der Waals surface area contributed by atoms with E-state index in [1.54, 1.807) is 42.5 Å². The van der Waals surface area contributed by atoms with Crippen LogP contribution >= 0.6 is 0 Å². The minimum absolute atomic E-state index is 0.122. The Labute approximate surface area is 99.3 Å². The van der Waals surface area contributed by atoms with Crippen molar-refractivity contribution in [2.75, 3.05) is 6.61 Å². The molecule has 0 amide bonds. The third-order valence-corrected chi connectivity index (χ3v) is 2.30. The molecular weight excluding hydrogens is 216 g/mol. The average Bonchev–Trinajstić information content (AvgIpc) is 2.38. The summed E-state index contributed by atoms with van der Waals surface area (Å²) >= 11 is 0. The largest absolute Gasteiger partial charge is 0.870 e. The van der Waals surface area contributed by atoms with Gasteiger partial charge in [0.25, 0.3) is 0 Å². The number of hydrogen-bond donors (Lipinski definition) is 0. The van der Waals surface area contributed by atoms with Gasteiger partial charge in [-0.15, -0.1) is 0 Å². The summed E-state index contributed by atoms with van der Waals surface area (Å²) in [4.78, 5) is 11.7. The number of carbonyl (C=O) groups is 1. The second kappa shape index (κ2) is 5.16. The van der Waals surface area contributed by atoms with Crippen LogP contribution in [0.15, 0.2) is 54.6 Å². The van der Waals surface area contributed by atoms with Crippen molar-refractivity contribution < 1.29 is 14.6 Å². The molecule has 0 unspecified atom stereocenters. The van der Waals surface area contributed by atoms with E-state index >= 15 is 0 Å². The van der Waals surface area contributed by atoms with E-state index in [2.05, 4.69) is 0 Å². The summed E-state index contributed by atoms with van der Waals surface area (Å²) in [5.41, 5.74) is 0.580. The summed E-state index contributed by atoms with van der Waals surface area (Å²) in [6.07, 6.45) is 0. The van der Waals surface area contributed by atoms with Crippen molar-refractivity contribution in [3.8, 4) is 11.5 Å². The van der Waals surface area contributed by atoms with E-state index in [4.69, 9.17) is 4.74 Å². The lowest BCUT2D eigenvalue weighted by Crippen LogP contribution is -2.12. The predicted molar refractivity (Wildman–Crippen MR) is 62.2 cm³/mol. The van der Waals surface area contributed by atoms with Gasteiger partial charge in [-0.1, -0.05) is 54.3 Å². The topological polar surface area (TPSA) is 49.4 Å². The summed E-state index contributed by atoms with van der Waals surface area (Å²) in [5, 5.41) is 11.3. The Morgan fingerprint density at radius 2 is 1.65 bits per heavy atom. The van der Waals surface area contributed by atoms with Crippen molar-refractivity contribution in [3.63, 3.8) is 0 Å². The minimum Gasteiger partial charge on any atom is -0.870 e. The maximum atomic E-state index is 11.7. The Kier molecular flexibility index (Phi) is 3.40. The molecule has 0 fully saturated rings. The zero-order valence-electron chi connectivity index (χ0n) is 9.13. The van der Waals surface area contributed by atoms with Gasteiger partial charge in [0.2, 0.25) is 0 Å². The standard InChI is InChI=1S/C14H12O3/c15-12-8-4-5-9-14(12)17-10-13(16)11-6-2-1-3-7-11/h1-9,15H,10H2/p-1. The Bertz CT molecular complexity index is 506. The van der Waals surface area contributed by atoms with Crippen molar-refractivity contribution in [2.45, 2.75) is 0 Å². The predicted octanol–water partition coefficient (Wildman–Crippen LogP) is 2.02. The molecule has 0 aliphatic heterocycles. The maximum absolute atomic E-state index is 11.7. The fraction of sp³-hybridized carbons (Fsp3) is 0.0714. The Hall–Kier alpha value is -2.29. The first-order valence-corrected chi connectivity index (χ1v) is 5.24. The van der Waals surface area contributed by atoms with Crippen molar-refractivity contribution in [1.82, 2.24) is 0 Å². The van der Waals surface area contributed by atoms with Crippen molar-refractivity contribution in [3.05, 3.63) is 60.2 Å². The molecular formula is C14H11O3-. The molecule has 2 rings (SSSR count). The van der Waals surface area contributed by atoms with Gasteiger partial charge in [0, 0.05) is 5.56 Å². The quantitative estimate of drug-likeness (QED) is 0.751. The van der Waals surface area contributed by atoms with Gasteiger partial charge >= 0.3 is 0 Å². The number of ether oxygens (including phenoxy) is 1. The zero-order chi connectivity index (χ0) is 12.1. The molecule has 0 heterocycles. The van der Waals surface area contributed by atoms with Crippen molar-refractivity contribution in [2.24, 2.45) is 0 Å². The first-order valence-electron chi connectivity index (χ1n) is 5.24. The van der Waals surface area contributed by atoms with Gasteiger partial charge in [0.1, 0.15) is 5.75 Å². The molecule has 0 aliphatic rings. The van der Waals surface area contributed by atoms with Gasteiger partial charge in [0.15, 0.2) is 12.4 Å². The summed E-state index contributed by atoms with van der Waals surface area (Å²) in [6, 6.07) is 15.1. The van der Waals surface area contributed by atoms with Crippen molar-refractivity contribution in [1.29, 1.82) is 0 Å². The van der Waals surface area contributed by atoms with Gasteiger partial charge < -0.3 is 9.84 Å². The van der Waals surface area contributed by atoms with Gasteiger partial charge in [-0.3, -0.25) is 4.79 Å². The van der Waals surface area contributed by atoms with Crippen LogP contribution in [0.2, 0.25) is 0 Å². The SMILES string of the molecule is O=C(COc1ccccc1[O-])c1ccccc1. The number of Topliss-reactive ketones (excluding diaryl/α,β-unsaturated/α-hetero) is 1. The molecule has 17 heavy (non-hydrogen) atoms. The highest BCUT2D eigenvalue weighted by atomic mass is 16.5. The summed E-state index contributed by atoms with van der Waals surface area (Å²) < 4.78 is 5.19. The number of ketones is 1. The van der Waals surface area contributed by atoms with Gasteiger partial charge in [0.05, 0.1) is 0 Å². The second-order valence-corrected chi connectivity index (χ2v) is 3.52. The fourth-order valence-electron chi connectivity index (χ4n) is 1.42. The number of carbonyl (C=O) groups excluding carboxylic acids is 1. The van der Waals surface area contributed by atoms with Crippen LogP contribution in [-0.4, -0.2) is 12.4 Å². The van der Waals surface area contributed by atoms with Crippen LogP contribution in [0.3, 0.4) is 0 Å². The zero-order valence-corrected chi connectivity index (χ0v) is 9.13. The molecule has 0 spiro atoms. The molecule has 0 aromatic heterocycles. The molecule has 0 saturated heterocycles. The molecule has 2 aromatic rings. The minimum atomic E-state index is -0.214. The Morgan fingerprint density at radius 1 is 1.00 bits per heavy atom. The van der Waals surface area contributed by atoms with Crippen LogP contribution in [0.1, 0.15) is 10.4 Å². The molecule has 0 saturated carbocycles. The third-order valence-electron chi connectivity index (χ3n) is 2.30. The summed E-state index contributed by atoms with van der Waals surface area (Å²) in [5.74, 6) is -0.154. The van der Waals surface area contributed by atoms with E-state index in [-0.39, 0.29) is 23.9 Å². The highest BCUT2D eigenvalue weighted by Gasteiger charge is 2.05. The second-order valence-electron chi connectivity index (χ2n) is 3.52. The molecule has 0 radical (unpaired) electrons. The fourth-order valence-corrected chi connectivity index (χ4v) is 1.42. The summed E-state index contributed by atoms with van der Waals surface area (Å²) in [7, 11) is 0. The Morgan fingerprint density at radius 3 is 2.35 bits per heavy atom. The highest BCUT2D eigenvalue weighted by molar-refractivity contribution is 5.97. The first kappa shape index (κ1) is 11.2. The number of hydrogen-bond acceptors (Lipinski definition) is 3. The smallest absolute Gasteiger partial charge is 0.200 e. The molecule has 0 bridgehead atoms. The van der Waals surface area contributed by atoms with Crippen LogP contribution in [0.25, 0.3) is 0 Å². The van der Waals surface area contributed by atoms with E-state index in [9.17, 15) is 9.90 Å². The van der Waals surface area contributed by atoms with E-state index in [1.807, 2.05) is 6.07 Å². The monoisotopic (exact) mass is 227 g/mol. The van der Waals surface area contributed by atoms with Crippen LogP contribution in [0.5, 0.6) is 11.5 Å². The first-order chi connectivity index (χ1) is 8.27. The van der Waals surface area contributed by atoms with E-state index in [1.165, 1.54) is 6.07 Å². The van der Waals surface area contributed by atoms with Gasteiger partial charge in [-0.25, -0.2) is 0 Å². The highest BCUT2D eigenvalue weighted by Crippen LogP contribution is 2.21. The van der Waals surface area contributed by atoms with Gasteiger partial charge in [-0.05, 0) is 6.07 Å². The van der Waals surface area contributed by atoms with E-state index in [0.29, 0.717) is 5.56 Å². The van der Waals surface area contributed by atoms with Crippen molar-refractivity contribution >= 4 is 5.78 Å². The van der Waals surface area contributed by atoms with Crippen LogP contribution < -0.4 is 9.84 Å². The maximum Gasteiger partial charge on any atom is 0.200 e. The van der Waals surface area contributed by atoms with Gasteiger partial charge in [-0.2, -0.15) is 0 Å². The summed E-state index contributed by atoms with van der Waals surface area (Å²) in [6.45, 7) is -0.122. The normalized spacial score (nSPS) is 9.88. The Balaban J connectivity index is 2.00. The molecule has 3 heteroatoms.